The number of hydrogen-bond acceptors (Lipinski definition) is 4. The highest BCUT2D eigenvalue weighted by molar-refractivity contribution is 5.95. The van der Waals surface area contributed by atoms with Gasteiger partial charge in [-0.05, 0) is 48.2 Å². The summed E-state index contributed by atoms with van der Waals surface area (Å²) in [4.78, 5) is 19.2. The summed E-state index contributed by atoms with van der Waals surface area (Å²) in [7, 11) is 0. The van der Waals surface area contributed by atoms with Crippen LogP contribution in [0.4, 0.5) is 0 Å². The van der Waals surface area contributed by atoms with Crippen molar-refractivity contribution in [2.75, 3.05) is 6.54 Å². The first-order valence-corrected chi connectivity index (χ1v) is 12.2. The molecule has 1 aromatic heterocycles. The number of hydrogen-bond donors (Lipinski definition) is 3. The molecule has 1 fully saturated rings. The number of phenols is 1. The summed E-state index contributed by atoms with van der Waals surface area (Å²) in [6.07, 6.45) is 1.04. The number of para-hydroxylation sites is 1. The van der Waals surface area contributed by atoms with E-state index in [1.165, 1.54) is 0 Å². The van der Waals surface area contributed by atoms with Gasteiger partial charge in [0.2, 0.25) is 0 Å². The van der Waals surface area contributed by atoms with Crippen molar-refractivity contribution in [2.24, 2.45) is 0 Å². The number of phenolic OH excluding ortho intramolecular Hbond substituents is 1. The first-order valence-electron chi connectivity index (χ1n) is 12.2. The van der Waals surface area contributed by atoms with Crippen LogP contribution in [0.1, 0.15) is 45.3 Å². The van der Waals surface area contributed by atoms with Crippen LogP contribution in [0, 0.1) is 0 Å². The van der Waals surface area contributed by atoms with E-state index in [1.807, 2.05) is 59.5 Å². The Morgan fingerprint density at radius 1 is 1.06 bits per heavy atom. The molecule has 0 radical (unpaired) electrons. The monoisotopic (exact) mass is 464 g/mol. The predicted octanol–water partition coefficient (Wildman–Crippen LogP) is 4.00. The van der Waals surface area contributed by atoms with Gasteiger partial charge in [0.1, 0.15) is 5.60 Å². The maximum atomic E-state index is 13.7. The van der Waals surface area contributed by atoms with E-state index in [1.54, 1.807) is 6.07 Å². The summed E-state index contributed by atoms with van der Waals surface area (Å²) in [5.74, 6) is 0.536. The number of benzene rings is 3. The summed E-state index contributed by atoms with van der Waals surface area (Å²) in [6.45, 7) is 0.519. The topological polar surface area (TPSA) is 85.8 Å². The lowest BCUT2D eigenvalue weighted by molar-refractivity contribution is -0.162. The summed E-state index contributed by atoms with van der Waals surface area (Å²) in [6, 6.07) is 20.7. The van der Waals surface area contributed by atoms with Crippen LogP contribution in [0.3, 0.4) is 0 Å². The molecule has 6 nitrogen and oxygen atoms in total. The highest BCUT2D eigenvalue weighted by Crippen LogP contribution is 2.69. The van der Waals surface area contributed by atoms with E-state index in [9.17, 15) is 15.0 Å². The Kier molecular flexibility index (Phi) is 3.49. The number of aromatic amines is 1. The van der Waals surface area contributed by atoms with Gasteiger partial charge >= 0.3 is 0 Å². The van der Waals surface area contributed by atoms with Gasteiger partial charge in [-0.25, -0.2) is 0 Å². The molecule has 1 amide bonds. The highest BCUT2D eigenvalue weighted by Gasteiger charge is 2.73. The second-order valence-corrected chi connectivity index (χ2v) is 10.4. The molecule has 4 aliphatic rings. The van der Waals surface area contributed by atoms with Gasteiger partial charge in [-0.2, -0.15) is 0 Å². The van der Waals surface area contributed by atoms with Crippen molar-refractivity contribution in [3.8, 4) is 11.5 Å². The van der Waals surface area contributed by atoms with E-state index in [2.05, 4.69) is 11.1 Å². The highest BCUT2D eigenvalue weighted by atomic mass is 16.5. The second-order valence-electron chi connectivity index (χ2n) is 10.4. The van der Waals surface area contributed by atoms with Crippen molar-refractivity contribution in [1.29, 1.82) is 0 Å². The van der Waals surface area contributed by atoms with Crippen LogP contribution in [0.5, 0.6) is 11.5 Å². The van der Waals surface area contributed by atoms with Gasteiger partial charge in [0, 0.05) is 35.0 Å². The minimum absolute atomic E-state index is 0.0542. The number of carbonyl (C=O) groups excluding carboxylic acids is 1. The number of nitrogens with zero attached hydrogens (tertiary/aromatic N) is 1. The minimum Gasteiger partial charge on any atom is -0.504 e. The Morgan fingerprint density at radius 2 is 1.86 bits per heavy atom. The fourth-order valence-electron chi connectivity index (χ4n) is 7.63. The maximum Gasteiger partial charge on any atom is 0.254 e. The molecule has 174 valence electrons. The van der Waals surface area contributed by atoms with Gasteiger partial charge in [0.15, 0.2) is 17.6 Å². The second kappa shape index (κ2) is 6.26. The largest absolute Gasteiger partial charge is 0.504 e. The summed E-state index contributed by atoms with van der Waals surface area (Å²) < 4.78 is 6.57. The Bertz CT molecular complexity index is 1560. The lowest BCUT2D eigenvalue weighted by atomic mass is 9.49. The fraction of sp³-hybridized carbons (Fsp3) is 0.276. The first-order chi connectivity index (χ1) is 17.0. The predicted molar refractivity (Wildman–Crippen MR) is 130 cm³/mol. The smallest absolute Gasteiger partial charge is 0.254 e. The number of aliphatic hydroxyl groups is 1. The van der Waals surface area contributed by atoms with Crippen molar-refractivity contribution in [3.05, 3.63) is 94.7 Å². The van der Waals surface area contributed by atoms with Gasteiger partial charge in [-0.1, -0.05) is 42.5 Å². The Hall–Kier alpha value is -3.77. The maximum absolute atomic E-state index is 13.7. The minimum atomic E-state index is -1.23. The molecule has 6 heteroatoms. The van der Waals surface area contributed by atoms with Crippen molar-refractivity contribution in [2.45, 2.75) is 42.4 Å². The van der Waals surface area contributed by atoms with Crippen LogP contribution in [0.2, 0.25) is 0 Å². The number of ether oxygens (including phenoxy) is 1. The standard InChI is InChI=1S/C29H24N2O4/c32-21-11-10-17-14-22-29(34)15-19-18-8-4-5-9-20(18)30-24(19)26-28(29,23(17)25(21)35-26)12-13-31(22)27(33)16-6-2-1-3-7-16/h1-11,22,26,30,32,34H,12-15H2/t22?,26-,28-,29+/m0/s1. The number of carbonyl (C=O) groups is 1. The zero-order chi connectivity index (χ0) is 23.5. The normalized spacial score (nSPS) is 29.5. The number of amides is 1. The van der Waals surface area contributed by atoms with Gasteiger partial charge in [0.25, 0.3) is 5.91 Å². The average molecular weight is 465 g/mol. The lowest BCUT2D eigenvalue weighted by Gasteiger charge is -2.62. The van der Waals surface area contributed by atoms with E-state index < -0.39 is 23.2 Å². The first kappa shape index (κ1) is 19.5. The van der Waals surface area contributed by atoms with Crippen LogP contribution in [0.25, 0.3) is 10.9 Å². The molecule has 2 aliphatic carbocycles. The van der Waals surface area contributed by atoms with Crippen LogP contribution in [0.15, 0.2) is 66.7 Å². The van der Waals surface area contributed by atoms with Crippen molar-refractivity contribution in [1.82, 2.24) is 9.88 Å². The third kappa shape index (κ3) is 2.13. The summed E-state index contributed by atoms with van der Waals surface area (Å²) in [5, 5.41) is 24.7. The van der Waals surface area contributed by atoms with Crippen LogP contribution < -0.4 is 4.74 Å². The third-order valence-electron chi connectivity index (χ3n) is 9.05. The van der Waals surface area contributed by atoms with E-state index in [-0.39, 0.29) is 11.7 Å². The van der Waals surface area contributed by atoms with Crippen LogP contribution >= 0.6 is 0 Å². The van der Waals surface area contributed by atoms with Gasteiger partial charge in [0.05, 0.1) is 17.2 Å². The van der Waals surface area contributed by atoms with Crippen molar-refractivity contribution in [3.63, 3.8) is 0 Å². The Balaban J connectivity index is 1.39. The molecule has 3 aromatic carbocycles. The number of aromatic nitrogens is 1. The molecule has 1 spiro atoms. The van der Waals surface area contributed by atoms with Crippen LogP contribution in [-0.2, 0) is 18.3 Å². The number of piperidine rings is 1. The quantitative estimate of drug-likeness (QED) is 0.398. The fourth-order valence-corrected chi connectivity index (χ4v) is 7.63. The molecular weight excluding hydrogens is 440 g/mol. The number of nitrogens with one attached hydrogen (secondary N) is 1. The van der Waals surface area contributed by atoms with Crippen LogP contribution in [-0.4, -0.2) is 44.2 Å². The molecule has 35 heavy (non-hydrogen) atoms. The van der Waals surface area contributed by atoms with E-state index in [0.29, 0.717) is 37.1 Å². The Labute approximate surface area is 201 Å². The molecule has 2 aliphatic heterocycles. The molecule has 4 aromatic rings. The SMILES string of the molecule is O=C(c1ccccc1)N1CC[C@]23c4c5ccc(O)c4O[C@H]2c2[nH]c4ccccc4c2C[C@@]3(O)C1C5. The van der Waals surface area contributed by atoms with E-state index in [4.69, 9.17) is 4.74 Å². The molecule has 3 N–H and O–H groups in total. The molecule has 4 atom stereocenters. The molecule has 3 heterocycles. The molecule has 1 saturated heterocycles. The van der Waals surface area contributed by atoms with Crippen molar-refractivity contribution < 1.29 is 19.7 Å². The molecular formula is C29H24N2O4. The number of likely N-dealkylation sites (tertiary alicyclic amines) is 1. The lowest BCUT2D eigenvalue weighted by Crippen LogP contribution is -2.75. The third-order valence-corrected chi connectivity index (χ3v) is 9.05. The number of rotatable bonds is 1. The molecule has 0 saturated carbocycles. The summed E-state index contributed by atoms with van der Waals surface area (Å²) in [5.41, 5.74) is 3.65. The number of H-pyrrole nitrogens is 1. The average Bonchev–Trinajstić information content (AvgIpc) is 3.41. The zero-order valence-electron chi connectivity index (χ0n) is 19.0. The van der Waals surface area contributed by atoms with Gasteiger partial charge < -0.3 is 24.8 Å². The number of fused-ring (bicyclic) bond motifs is 4. The number of aromatic hydroxyl groups is 1. The summed E-state index contributed by atoms with van der Waals surface area (Å²) >= 11 is 0. The Morgan fingerprint density at radius 3 is 2.71 bits per heavy atom. The zero-order valence-corrected chi connectivity index (χ0v) is 19.0. The van der Waals surface area contributed by atoms with Gasteiger partial charge in [-0.15, -0.1) is 0 Å². The van der Waals surface area contributed by atoms with Gasteiger partial charge in [-0.3, -0.25) is 4.79 Å². The van der Waals surface area contributed by atoms with E-state index in [0.717, 1.165) is 33.3 Å². The van der Waals surface area contributed by atoms with Crippen molar-refractivity contribution >= 4 is 16.8 Å². The molecule has 2 bridgehead atoms. The molecule has 1 unspecified atom stereocenters. The van der Waals surface area contributed by atoms with E-state index >= 15 is 0 Å². The molecule has 8 rings (SSSR count).